The van der Waals surface area contributed by atoms with Crippen LogP contribution in [-0.4, -0.2) is 40.6 Å². The van der Waals surface area contributed by atoms with Gasteiger partial charge < -0.3 is 9.64 Å². The van der Waals surface area contributed by atoms with Gasteiger partial charge in [0.05, 0.1) is 30.1 Å². The van der Waals surface area contributed by atoms with E-state index in [-0.39, 0.29) is 6.10 Å². The highest BCUT2D eigenvalue weighted by Gasteiger charge is 2.27. The summed E-state index contributed by atoms with van der Waals surface area (Å²) in [6, 6.07) is 0.347. The fourth-order valence-electron chi connectivity index (χ4n) is 2.00. The predicted molar refractivity (Wildman–Crippen MR) is 71.8 cm³/mol. The van der Waals surface area contributed by atoms with Gasteiger partial charge in [-0.25, -0.2) is 4.98 Å². The Hall–Kier alpha value is -0.680. The Bertz CT molecular complexity index is 399. The molecule has 2 atom stereocenters. The third-order valence-corrected chi connectivity index (χ3v) is 3.72. The van der Waals surface area contributed by atoms with Gasteiger partial charge in [0.25, 0.3) is 0 Å². The highest BCUT2D eigenvalue weighted by molar-refractivity contribution is 9.09. The number of hydrogen-bond acceptors (Lipinski definition) is 4. The maximum atomic E-state index is 5.72. The summed E-state index contributed by atoms with van der Waals surface area (Å²) in [7, 11) is 0. The molecule has 4 nitrogen and oxygen atoms in total. The van der Waals surface area contributed by atoms with Gasteiger partial charge in [0.2, 0.25) is 0 Å². The average Bonchev–Trinajstić information content (AvgIpc) is 2.33. The van der Waals surface area contributed by atoms with Crippen molar-refractivity contribution in [2.45, 2.75) is 32.9 Å². The van der Waals surface area contributed by atoms with Crippen LogP contribution in [0.1, 0.15) is 18.3 Å². The molecule has 0 amide bonds. The maximum Gasteiger partial charge on any atom is 0.150 e. The van der Waals surface area contributed by atoms with Gasteiger partial charge in [-0.1, -0.05) is 15.9 Å². The second-order valence-corrected chi connectivity index (χ2v) is 5.18. The SMILES string of the molecule is Cc1cnc(C)c(N2CC(CBr)OCC2C)n1. The number of halogens is 1. The molecule has 1 saturated heterocycles. The molecule has 5 heteroatoms. The summed E-state index contributed by atoms with van der Waals surface area (Å²) in [4.78, 5) is 11.3. The molecular formula is C12H18BrN3O. The average molecular weight is 300 g/mol. The molecule has 1 aliphatic heterocycles. The zero-order valence-corrected chi connectivity index (χ0v) is 12.1. The molecule has 2 unspecified atom stereocenters. The second-order valence-electron chi connectivity index (χ2n) is 4.53. The van der Waals surface area contributed by atoms with Crippen LogP contribution in [0.4, 0.5) is 5.82 Å². The maximum absolute atomic E-state index is 5.72. The van der Waals surface area contributed by atoms with Crippen LogP contribution in [0, 0.1) is 13.8 Å². The highest BCUT2D eigenvalue weighted by atomic mass is 79.9. The largest absolute Gasteiger partial charge is 0.373 e. The first-order valence-electron chi connectivity index (χ1n) is 5.86. The lowest BCUT2D eigenvalue weighted by Crippen LogP contribution is -2.49. The van der Waals surface area contributed by atoms with Crippen molar-refractivity contribution in [2.24, 2.45) is 0 Å². The molecule has 2 rings (SSSR count). The van der Waals surface area contributed by atoms with Gasteiger partial charge in [0, 0.05) is 18.1 Å². The lowest BCUT2D eigenvalue weighted by atomic mass is 10.2. The van der Waals surface area contributed by atoms with Gasteiger partial charge in [0.1, 0.15) is 0 Å². The molecule has 1 fully saturated rings. The van der Waals surface area contributed by atoms with Gasteiger partial charge in [-0.2, -0.15) is 0 Å². The number of aromatic nitrogens is 2. The number of ether oxygens (including phenoxy) is 1. The predicted octanol–water partition coefficient (Wildman–Crippen LogP) is 2.08. The molecule has 0 bridgehead atoms. The van der Waals surface area contributed by atoms with Gasteiger partial charge in [-0.15, -0.1) is 0 Å². The molecule has 0 N–H and O–H groups in total. The van der Waals surface area contributed by atoms with Gasteiger partial charge in [-0.05, 0) is 20.8 Å². The van der Waals surface area contributed by atoms with Gasteiger partial charge >= 0.3 is 0 Å². The molecule has 0 spiro atoms. The molecule has 1 aromatic rings. The Balaban J connectivity index is 2.27. The van der Waals surface area contributed by atoms with E-state index in [2.05, 4.69) is 37.7 Å². The smallest absolute Gasteiger partial charge is 0.150 e. The Kier molecular flexibility index (Phi) is 3.99. The molecule has 0 saturated carbocycles. The standard InChI is InChI=1S/C12H18BrN3O/c1-8-5-14-10(3)12(15-8)16-6-11(4-13)17-7-9(16)2/h5,9,11H,4,6-7H2,1-3H3. The Morgan fingerprint density at radius 1 is 1.53 bits per heavy atom. The van der Waals surface area contributed by atoms with E-state index in [1.165, 1.54) is 0 Å². The van der Waals surface area contributed by atoms with Crippen molar-refractivity contribution < 1.29 is 4.74 Å². The lowest BCUT2D eigenvalue weighted by Gasteiger charge is -2.38. The van der Waals surface area contributed by atoms with Crippen molar-refractivity contribution in [3.63, 3.8) is 0 Å². The van der Waals surface area contributed by atoms with E-state index in [1.807, 2.05) is 20.0 Å². The molecule has 1 aliphatic rings. The Labute approximate surface area is 111 Å². The van der Waals surface area contributed by atoms with Crippen LogP contribution in [0.15, 0.2) is 6.20 Å². The molecule has 0 radical (unpaired) electrons. The summed E-state index contributed by atoms with van der Waals surface area (Å²) in [5, 5.41) is 0.856. The Morgan fingerprint density at radius 2 is 2.29 bits per heavy atom. The van der Waals surface area contributed by atoms with E-state index in [4.69, 9.17) is 4.74 Å². The number of hydrogen-bond donors (Lipinski definition) is 0. The summed E-state index contributed by atoms with van der Waals surface area (Å²) in [6.07, 6.45) is 2.04. The normalized spacial score (nSPS) is 25.1. The van der Waals surface area contributed by atoms with Crippen LogP contribution in [0.25, 0.3) is 0 Å². The zero-order valence-electron chi connectivity index (χ0n) is 10.5. The third kappa shape index (κ3) is 2.77. The van der Waals surface area contributed by atoms with Crippen LogP contribution in [0.3, 0.4) is 0 Å². The van der Waals surface area contributed by atoms with E-state index in [0.717, 1.165) is 35.7 Å². The van der Waals surface area contributed by atoms with E-state index in [9.17, 15) is 0 Å². The fraction of sp³-hybridized carbons (Fsp3) is 0.667. The van der Waals surface area contributed by atoms with Gasteiger partial charge in [-0.3, -0.25) is 4.98 Å². The highest BCUT2D eigenvalue weighted by Crippen LogP contribution is 2.22. The fourth-order valence-corrected chi connectivity index (χ4v) is 2.39. The van der Waals surface area contributed by atoms with Gasteiger partial charge in [0.15, 0.2) is 5.82 Å². The zero-order chi connectivity index (χ0) is 12.4. The summed E-state index contributed by atoms with van der Waals surface area (Å²) in [5.41, 5.74) is 1.94. The third-order valence-electron chi connectivity index (χ3n) is 3.00. The van der Waals surface area contributed by atoms with E-state index in [0.29, 0.717) is 6.04 Å². The molecule has 2 heterocycles. The van der Waals surface area contributed by atoms with Crippen LogP contribution < -0.4 is 4.90 Å². The summed E-state index contributed by atoms with van der Waals surface area (Å²) in [6.45, 7) is 7.75. The van der Waals surface area contributed by atoms with Crippen LogP contribution in [0.2, 0.25) is 0 Å². The van der Waals surface area contributed by atoms with E-state index < -0.39 is 0 Å². The van der Waals surface area contributed by atoms with Crippen LogP contribution in [0.5, 0.6) is 0 Å². The Morgan fingerprint density at radius 3 is 3.00 bits per heavy atom. The van der Waals surface area contributed by atoms with Crippen molar-refractivity contribution in [3.8, 4) is 0 Å². The quantitative estimate of drug-likeness (QED) is 0.784. The first-order valence-corrected chi connectivity index (χ1v) is 6.98. The van der Waals surface area contributed by atoms with Crippen molar-refractivity contribution in [1.82, 2.24) is 9.97 Å². The first-order chi connectivity index (χ1) is 8.11. The van der Waals surface area contributed by atoms with E-state index >= 15 is 0 Å². The van der Waals surface area contributed by atoms with Crippen LogP contribution in [-0.2, 0) is 4.74 Å². The topological polar surface area (TPSA) is 38.2 Å². The summed E-state index contributed by atoms with van der Waals surface area (Å²) < 4.78 is 5.72. The molecule has 17 heavy (non-hydrogen) atoms. The first kappa shape index (κ1) is 12.8. The monoisotopic (exact) mass is 299 g/mol. The van der Waals surface area contributed by atoms with Crippen LogP contribution >= 0.6 is 15.9 Å². The van der Waals surface area contributed by atoms with Crippen molar-refractivity contribution in [1.29, 1.82) is 0 Å². The number of alkyl halides is 1. The van der Waals surface area contributed by atoms with Crippen molar-refractivity contribution in [3.05, 3.63) is 17.6 Å². The van der Waals surface area contributed by atoms with E-state index in [1.54, 1.807) is 0 Å². The molecule has 1 aromatic heterocycles. The minimum atomic E-state index is 0.230. The van der Waals surface area contributed by atoms with Crippen molar-refractivity contribution >= 4 is 21.7 Å². The lowest BCUT2D eigenvalue weighted by molar-refractivity contribution is 0.0375. The number of anilines is 1. The van der Waals surface area contributed by atoms with Crippen molar-refractivity contribution in [2.75, 3.05) is 23.4 Å². The summed E-state index contributed by atoms with van der Waals surface area (Å²) in [5.74, 6) is 0.992. The molecule has 0 aliphatic carbocycles. The minimum absolute atomic E-state index is 0.230. The number of aryl methyl sites for hydroxylation is 2. The number of nitrogens with zero attached hydrogens (tertiary/aromatic N) is 3. The molecule has 94 valence electrons. The number of rotatable bonds is 2. The summed E-state index contributed by atoms with van der Waals surface area (Å²) >= 11 is 3.48. The minimum Gasteiger partial charge on any atom is -0.373 e. The second kappa shape index (κ2) is 5.31. The number of morpholine rings is 1. The molecular weight excluding hydrogens is 282 g/mol. The molecule has 0 aromatic carbocycles.